The van der Waals surface area contributed by atoms with E-state index >= 15 is 0 Å². The Labute approximate surface area is 278 Å². The first-order chi connectivity index (χ1) is 22.9. The van der Waals surface area contributed by atoms with Gasteiger partial charge in [0, 0.05) is 42.8 Å². The molecule has 0 atom stereocenters. The van der Waals surface area contributed by atoms with Crippen molar-refractivity contribution < 1.29 is 58.3 Å². The molecule has 264 valence electrons. The maximum absolute atomic E-state index is 9.55. The number of rotatable bonds is 14. The average molecular weight is 676 g/mol. The van der Waals surface area contributed by atoms with E-state index in [0.29, 0.717) is 24.3 Å². The minimum absolute atomic E-state index is 0.0254. The molecule has 0 bridgehead atoms. The largest absolute Gasteiger partial charge is 0.493 e. The number of hydrogen-bond donors (Lipinski definition) is 4. The second kappa shape index (κ2) is 19.5. The third kappa shape index (κ3) is 14.2. The van der Waals surface area contributed by atoms with Crippen LogP contribution in [0.5, 0.6) is 5.75 Å². The zero-order valence-corrected chi connectivity index (χ0v) is 27.3. The zero-order chi connectivity index (χ0) is 35.1. The van der Waals surface area contributed by atoms with Gasteiger partial charge in [0.1, 0.15) is 5.75 Å². The third-order valence-corrected chi connectivity index (χ3v) is 7.75. The molecule has 0 amide bonds. The molecular formula is C33H45N3O12. The van der Waals surface area contributed by atoms with E-state index < -0.39 is 23.9 Å². The van der Waals surface area contributed by atoms with Gasteiger partial charge in [0.25, 0.3) is 0 Å². The van der Waals surface area contributed by atoms with Crippen LogP contribution in [0.3, 0.4) is 0 Å². The number of carbonyl (C=O) groups is 4. The highest BCUT2D eigenvalue weighted by molar-refractivity contribution is 5.90. The third-order valence-electron chi connectivity index (χ3n) is 7.75. The molecule has 0 spiro atoms. The van der Waals surface area contributed by atoms with Crippen molar-refractivity contribution in [2.75, 3.05) is 53.6 Å². The molecule has 15 nitrogen and oxygen atoms in total. The molecular weight excluding hydrogens is 630 g/mol. The van der Waals surface area contributed by atoms with E-state index in [4.69, 9.17) is 39.2 Å². The first kappa shape index (κ1) is 38.1. The molecule has 0 unspecified atom stereocenters. The number of aromatic nitrogens is 1. The summed E-state index contributed by atoms with van der Waals surface area (Å²) in [6.45, 7) is 6.22. The Kier molecular flexibility index (Phi) is 15.5. The molecule has 1 saturated carbocycles. The van der Waals surface area contributed by atoms with Gasteiger partial charge in [-0.25, -0.2) is 19.2 Å². The van der Waals surface area contributed by atoms with Crippen LogP contribution in [-0.4, -0.2) is 119 Å². The van der Waals surface area contributed by atoms with Crippen LogP contribution in [0.25, 0.3) is 11.0 Å². The van der Waals surface area contributed by atoms with Crippen molar-refractivity contribution in [2.45, 2.75) is 51.4 Å². The van der Waals surface area contributed by atoms with Gasteiger partial charge in [-0.1, -0.05) is 5.16 Å². The molecule has 1 aromatic heterocycles. The molecule has 2 saturated heterocycles. The maximum atomic E-state index is 9.55. The van der Waals surface area contributed by atoms with Crippen molar-refractivity contribution in [3.63, 3.8) is 0 Å². The van der Waals surface area contributed by atoms with Gasteiger partial charge in [-0.05, 0) is 89.7 Å². The molecule has 15 heteroatoms. The Bertz CT molecular complexity index is 1350. The van der Waals surface area contributed by atoms with Gasteiger partial charge in [0.2, 0.25) is 0 Å². The number of benzene rings is 1. The Balaban J connectivity index is 0.000000325. The van der Waals surface area contributed by atoms with Crippen LogP contribution in [-0.2, 0) is 41.6 Å². The van der Waals surface area contributed by atoms with Crippen molar-refractivity contribution in [3.8, 4) is 5.75 Å². The highest BCUT2D eigenvalue weighted by Crippen LogP contribution is 2.35. The van der Waals surface area contributed by atoms with Gasteiger partial charge in [-0.3, -0.25) is 4.90 Å². The fourth-order valence-electron chi connectivity index (χ4n) is 5.17. The molecule has 2 aromatic rings. The lowest BCUT2D eigenvalue weighted by Crippen LogP contribution is -2.39. The van der Waals surface area contributed by atoms with Crippen LogP contribution in [0.2, 0.25) is 0 Å². The fourth-order valence-corrected chi connectivity index (χ4v) is 5.17. The van der Waals surface area contributed by atoms with Crippen LogP contribution in [0.4, 0.5) is 0 Å². The summed E-state index contributed by atoms with van der Waals surface area (Å²) in [7, 11) is 4.16. The summed E-state index contributed by atoms with van der Waals surface area (Å²) in [5, 5.41) is 36.9. The molecule has 3 aliphatic rings. The number of fused-ring (bicyclic) bond motifs is 1. The number of nitrogens with zero attached hydrogens (tertiary/aromatic N) is 3. The van der Waals surface area contributed by atoms with E-state index in [1.54, 1.807) is 0 Å². The number of likely N-dealkylation sites (tertiary alicyclic amines) is 1. The first-order valence-electron chi connectivity index (χ1n) is 15.8. The van der Waals surface area contributed by atoms with Crippen LogP contribution < -0.4 is 4.74 Å². The minimum Gasteiger partial charge on any atom is -0.493 e. The van der Waals surface area contributed by atoms with E-state index in [0.717, 1.165) is 98.7 Å². The van der Waals surface area contributed by atoms with E-state index in [-0.39, 0.29) is 6.29 Å². The fraction of sp³-hybridized carbons (Fsp3) is 0.545. The Morgan fingerprint density at radius 2 is 1.44 bits per heavy atom. The van der Waals surface area contributed by atoms with Gasteiger partial charge >= 0.3 is 23.9 Å². The number of hydrogen-bond acceptors (Lipinski definition) is 11. The summed E-state index contributed by atoms with van der Waals surface area (Å²) in [5.74, 6) is -2.61. The summed E-state index contributed by atoms with van der Waals surface area (Å²) >= 11 is 0. The van der Waals surface area contributed by atoms with Crippen molar-refractivity contribution in [1.29, 1.82) is 0 Å². The molecule has 2 aliphatic heterocycles. The number of aliphatic carboxylic acids is 4. The number of ether oxygens (including phenoxy) is 3. The van der Waals surface area contributed by atoms with Crippen LogP contribution in [0, 0.1) is 11.8 Å². The smallest absolute Gasteiger partial charge is 0.328 e. The lowest BCUT2D eigenvalue weighted by Gasteiger charge is -2.32. The lowest BCUT2D eigenvalue weighted by atomic mass is 9.91. The standard InChI is InChI=1S/C25H37N3O4.2C4H4O4/c1-27(2)15-21-23(31-17-19-3-4-19)8-6-20-22(26-32-25(20)21)7-5-18-9-11-28(12-10-18)16-24-29-13-14-30-24;2*5-3(6)1-2-4(7)8/h6,8,18-19,24H,3-5,7,9-17H2,1-2H3;2*1-2H,(H,5,6)(H,7,8)/b;2*2-1+. The number of piperidine rings is 1. The Morgan fingerprint density at radius 1 is 0.875 bits per heavy atom. The monoisotopic (exact) mass is 675 g/mol. The van der Waals surface area contributed by atoms with E-state index in [2.05, 4.69) is 41.2 Å². The summed E-state index contributed by atoms with van der Waals surface area (Å²) in [6.07, 6.45) is 9.38. The van der Waals surface area contributed by atoms with Gasteiger partial charge in [-0.2, -0.15) is 0 Å². The van der Waals surface area contributed by atoms with Crippen molar-refractivity contribution in [3.05, 3.63) is 47.7 Å². The molecule has 5 rings (SSSR count). The van der Waals surface area contributed by atoms with Crippen molar-refractivity contribution in [1.82, 2.24) is 15.0 Å². The number of carboxylic acids is 4. The highest BCUT2D eigenvalue weighted by Gasteiger charge is 2.26. The Morgan fingerprint density at radius 3 is 1.94 bits per heavy atom. The summed E-state index contributed by atoms with van der Waals surface area (Å²) in [6, 6.07) is 4.27. The number of aryl methyl sites for hydroxylation is 1. The molecule has 48 heavy (non-hydrogen) atoms. The van der Waals surface area contributed by atoms with Crippen molar-refractivity contribution >= 4 is 34.8 Å². The molecule has 0 radical (unpaired) electrons. The predicted octanol–water partition coefficient (Wildman–Crippen LogP) is 3.12. The first-order valence-corrected chi connectivity index (χ1v) is 15.8. The molecule has 3 fully saturated rings. The summed E-state index contributed by atoms with van der Waals surface area (Å²) in [5.41, 5.74) is 3.11. The number of carboxylic acid groups (broad SMARTS) is 4. The van der Waals surface area contributed by atoms with Gasteiger partial charge in [-0.15, -0.1) is 0 Å². The molecule has 4 N–H and O–H groups in total. The van der Waals surface area contributed by atoms with E-state index in [1.165, 1.54) is 25.7 Å². The topological polar surface area (TPSA) is 209 Å². The predicted molar refractivity (Wildman–Crippen MR) is 172 cm³/mol. The quantitative estimate of drug-likeness (QED) is 0.212. The highest BCUT2D eigenvalue weighted by atomic mass is 16.7. The normalized spacial score (nSPS) is 17.3. The van der Waals surface area contributed by atoms with Gasteiger partial charge in [0.15, 0.2) is 11.9 Å². The minimum atomic E-state index is -1.26. The van der Waals surface area contributed by atoms with Gasteiger partial charge in [0.05, 0.1) is 31.1 Å². The Hall–Kier alpha value is -4.31. The zero-order valence-electron chi connectivity index (χ0n) is 27.3. The second-order valence-electron chi connectivity index (χ2n) is 12.0. The molecule has 3 heterocycles. The van der Waals surface area contributed by atoms with E-state index in [1.807, 2.05) is 0 Å². The lowest BCUT2D eigenvalue weighted by molar-refractivity contribution is -0.134. The second-order valence-corrected chi connectivity index (χ2v) is 12.0. The SMILES string of the molecule is CN(C)Cc1c(OCC2CC2)ccc2c(CCC3CCN(CC4OCCO4)CC3)noc12.O=C(O)/C=C/C(=O)O.O=C(O)/C=C/C(=O)O. The summed E-state index contributed by atoms with van der Waals surface area (Å²) in [4.78, 5) is 42.9. The summed E-state index contributed by atoms with van der Waals surface area (Å²) < 4.78 is 23.2. The van der Waals surface area contributed by atoms with Gasteiger partial charge < -0.3 is 44.1 Å². The average Bonchev–Trinajstić information content (AvgIpc) is 3.54. The molecule has 1 aliphatic carbocycles. The van der Waals surface area contributed by atoms with Crippen molar-refractivity contribution in [2.24, 2.45) is 11.8 Å². The van der Waals surface area contributed by atoms with Crippen LogP contribution in [0.1, 0.15) is 43.4 Å². The molecule has 1 aromatic carbocycles. The van der Waals surface area contributed by atoms with E-state index in [9.17, 15) is 19.2 Å². The maximum Gasteiger partial charge on any atom is 0.328 e. The van der Waals surface area contributed by atoms with Crippen LogP contribution in [0.15, 0.2) is 41.0 Å². The van der Waals surface area contributed by atoms with Crippen LogP contribution >= 0.6 is 0 Å².